The van der Waals surface area contributed by atoms with E-state index >= 15 is 0 Å². The largest absolute Gasteiger partial charge is 0.490 e. The fraction of sp³-hybridized carbons (Fsp3) is 0.500. The highest BCUT2D eigenvalue weighted by molar-refractivity contribution is 5.32. The Kier molecular flexibility index (Phi) is 3.01. The number of hydrogen-bond donors (Lipinski definition) is 1. The van der Waals surface area contributed by atoms with Crippen molar-refractivity contribution in [3.8, 4) is 5.75 Å². The molecule has 1 aliphatic rings. The van der Waals surface area contributed by atoms with E-state index in [9.17, 15) is 17.6 Å². The zero-order chi connectivity index (χ0) is 13.6. The van der Waals surface area contributed by atoms with Crippen LogP contribution >= 0.6 is 0 Å². The molecule has 0 heterocycles. The van der Waals surface area contributed by atoms with E-state index in [0.717, 1.165) is 6.07 Å². The molecule has 0 atom stereocenters. The Hall–Kier alpha value is -1.30. The number of nitrogens with two attached hydrogens (primary N) is 1. The van der Waals surface area contributed by atoms with Gasteiger partial charge < -0.3 is 10.5 Å². The summed E-state index contributed by atoms with van der Waals surface area (Å²) in [5, 5.41) is 0. The van der Waals surface area contributed by atoms with Gasteiger partial charge in [0.2, 0.25) is 0 Å². The molecule has 0 saturated heterocycles. The summed E-state index contributed by atoms with van der Waals surface area (Å²) in [5.41, 5.74) is 4.14. The van der Waals surface area contributed by atoms with Crippen molar-refractivity contribution in [2.24, 2.45) is 5.73 Å². The van der Waals surface area contributed by atoms with Crippen LogP contribution in [0, 0.1) is 5.82 Å². The lowest BCUT2D eigenvalue weighted by atomic mass is 9.77. The van der Waals surface area contributed by atoms with E-state index in [4.69, 9.17) is 10.5 Å². The zero-order valence-electron chi connectivity index (χ0n) is 9.72. The van der Waals surface area contributed by atoms with Crippen molar-refractivity contribution >= 4 is 0 Å². The van der Waals surface area contributed by atoms with Crippen LogP contribution in [0.2, 0.25) is 0 Å². The van der Waals surface area contributed by atoms with Crippen LogP contribution in [0.25, 0.3) is 0 Å². The molecule has 2 nitrogen and oxygen atoms in total. The Morgan fingerprint density at radius 1 is 1.33 bits per heavy atom. The molecule has 1 aromatic rings. The molecule has 1 aliphatic carbocycles. The average molecular weight is 263 g/mol. The second-order valence-corrected chi connectivity index (χ2v) is 4.94. The number of ether oxygens (including phenoxy) is 1. The highest BCUT2D eigenvalue weighted by atomic mass is 19.4. The first-order chi connectivity index (χ1) is 8.17. The number of halogens is 4. The van der Waals surface area contributed by atoms with Gasteiger partial charge in [0.1, 0.15) is 17.7 Å². The summed E-state index contributed by atoms with van der Waals surface area (Å²) in [7, 11) is 0. The van der Waals surface area contributed by atoms with Crippen LogP contribution in [0.5, 0.6) is 5.75 Å². The van der Waals surface area contributed by atoms with E-state index in [1.54, 1.807) is 0 Å². The van der Waals surface area contributed by atoms with Crippen molar-refractivity contribution in [3.05, 3.63) is 29.6 Å². The van der Waals surface area contributed by atoms with Crippen LogP contribution < -0.4 is 10.5 Å². The fourth-order valence-corrected chi connectivity index (χ4v) is 2.05. The van der Waals surface area contributed by atoms with Gasteiger partial charge in [0.25, 0.3) is 0 Å². The normalized spacial score (nSPS) is 27.8. The van der Waals surface area contributed by atoms with Gasteiger partial charge in [-0.15, -0.1) is 0 Å². The summed E-state index contributed by atoms with van der Waals surface area (Å²) in [4.78, 5) is 0. The summed E-state index contributed by atoms with van der Waals surface area (Å²) in [5.74, 6) is -1.28. The molecule has 0 bridgehead atoms. The third-order valence-corrected chi connectivity index (χ3v) is 2.93. The summed E-state index contributed by atoms with van der Waals surface area (Å²) >= 11 is 0. The molecular weight excluding hydrogens is 250 g/mol. The Bertz CT molecular complexity index is 448. The average Bonchev–Trinajstić information content (AvgIpc) is 2.16. The predicted molar refractivity (Wildman–Crippen MR) is 57.6 cm³/mol. The second-order valence-electron chi connectivity index (χ2n) is 4.94. The van der Waals surface area contributed by atoms with E-state index in [1.807, 2.05) is 6.92 Å². The molecule has 2 rings (SSSR count). The van der Waals surface area contributed by atoms with Gasteiger partial charge >= 0.3 is 6.18 Å². The van der Waals surface area contributed by atoms with Crippen molar-refractivity contribution in [1.82, 2.24) is 0 Å². The molecule has 1 saturated carbocycles. The number of rotatable bonds is 2. The van der Waals surface area contributed by atoms with Gasteiger partial charge in [-0.05, 0) is 25.1 Å². The van der Waals surface area contributed by atoms with Crippen molar-refractivity contribution in [2.45, 2.75) is 37.6 Å². The van der Waals surface area contributed by atoms with Crippen LogP contribution in [0.4, 0.5) is 17.6 Å². The first-order valence-electron chi connectivity index (χ1n) is 5.50. The number of benzene rings is 1. The fourth-order valence-electron chi connectivity index (χ4n) is 2.05. The van der Waals surface area contributed by atoms with Crippen molar-refractivity contribution < 1.29 is 22.3 Å². The highest BCUT2D eigenvalue weighted by Crippen LogP contribution is 2.36. The molecule has 0 aromatic heterocycles. The molecule has 18 heavy (non-hydrogen) atoms. The molecular formula is C12H13F4NO. The lowest BCUT2D eigenvalue weighted by molar-refractivity contribution is -0.140. The Balaban J connectivity index is 2.11. The van der Waals surface area contributed by atoms with Crippen LogP contribution in [0.1, 0.15) is 25.3 Å². The first-order valence-corrected chi connectivity index (χ1v) is 5.50. The van der Waals surface area contributed by atoms with Crippen molar-refractivity contribution in [2.75, 3.05) is 0 Å². The van der Waals surface area contributed by atoms with Gasteiger partial charge in [-0.25, -0.2) is 4.39 Å². The highest BCUT2D eigenvalue weighted by Gasteiger charge is 2.39. The Labute approximate surface area is 102 Å². The van der Waals surface area contributed by atoms with Crippen LogP contribution in [-0.2, 0) is 6.18 Å². The smallest absolute Gasteiger partial charge is 0.419 e. The zero-order valence-corrected chi connectivity index (χ0v) is 9.72. The van der Waals surface area contributed by atoms with E-state index in [2.05, 4.69) is 0 Å². The van der Waals surface area contributed by atoms with Gasteiger partial charge in [0.15, 0.2) is 0 Å². The molecule has 2 N–H and O–H groups in total. The molecule has 1 aromatic carbocycles. The van der Waals surface area contributed by atoms with Gasteiger partial charge in [-0.2, -0.15) is 13.2 Å². The molecule has 100 valence electrons. The number of alkyl halides is 3. The van der Waals surface area contributed by atoms with Crippen molar-refractivity contribution in [3.63, 3.8) is 0 Å². The van der Waals surface area contributed by atoms with Gasteiger partial charge in [0, 0.05) is 18.4 Å². The Morgan fingerprint density at radius 2 is 1.94 bits per heavy atom. The minimum atomic E-state index is -4.72. The maximum Gasteiger partial charge on any atom is 0.419 e. The third kappa shape index (κ3) is 2.75. The van der Waals surface area contributed by atoms with Crippen LogP contribution in [0.15, 0.2) is 18.2 Å². The van der Waals surface area contributed by atoms with E-state index in [1.165, 1.54) is 6.07 Å². The lowest BCUT2D eigenvalue weighted by Gasteiger charge is -2.41. The summed E-state index contributed by atoms with van der Waals surface area (Å²) < 4.78 is 55.8. The molecule has 0 radical (unpaired) electrons. The van der Waals surface area contributed by atoms with Gasteiger partial charge in [0.05, 0.1) is 5.56 Å². The maximum atomic E-state index is 13.0. The summed E-state index contributed by atoms with van der Waals surface area (Å²) in [6, 6.07) is 2.64. The van der Waals surface area contributed by atoms with Crippen molar-refractivity contribution in [1.29, 1.82) is 0 Å². The van der Waals surface area contributed by atoms with Crippen LogP contribution in [-0.4, -0.2) is 11.6 Å². The minimum absolute atomic E-state index is 0.0178. The number of hydrogen-bond acceptors (Lipinski definition) is 2. The summed E-state index contributed by atoms with van der Waals surface area (Å²) in [6.45, 7) is 1.85. The predicted octanol–water partition coefficient (Wildman–Crippen LogP) is 3.10. The topological polar surface area (TPSA) is 35.2 Å². The van der Waals surface area contributed by atoms with E-state index < -0.39 is 17.6 Å². The second kappa shape index (κ2) is 4.12. The lowest BCUT2D eigenvalue weighted by Crippen LogP contribution is -2.54. The van der Waals surface area contributed by atoms with E-state index in [-0.39, 0.29) is 17.4 Å². The van der Waals surface area contributed by atoms with Crippen LogP contribution in [0.3, 0.4) is 0 Å². The molecule has 6 heteroatoms. The molecule has 1 fully saturated rings. The standard InChI is InChI=1S/C12H13F4NO/c1-11(17)5-8(6-11)18-7-2-3-10(13)9(4-7)12(14,15)16/h2-4,8H,5-6,17H2,1H3. The van der Waals surface area contributed by atoms with Gasteiger partial charge in [-0.3, -0.25) is 0 Å². The molecule has 0 amide bonds. The minimum Gasteiger partial charge on any atom is -0.490 e. The summed E-state index contributed by atoms with van der Waals surface area (Å²) in [6.07, 6.45) is -3.77. The Morgan fingerprint density at radius 3 is 2.44 bits per heavy atom. The third-order valence-electron chi connectivity index (χ3n) is 2.93. The van der Waals surface area contributed by atoms with Gasteiger partial charge in [-0.1, -0.05) is 0 Å². The molecule has 0 aliphatic heterocycles. The SMILES string of the molecule is CC1(N)CC(Oc2ccc(F)c(C(F)(F)F)c2)C1. The quantitative estimate of drug-likeness (QED) is 0.832. The van der Waals surface area contributed by atoms with E-state index in [0.29, 0.717) is 18.9 Å². The molecule has 0 spiro atoms. The maximum absolute atomic E-state index is 13.0. The monoisotopic (exact) mass is 263 g/mol. The first kappa shape index (κ1) is 13.1. The molecule has 0 unspecified atom stereocenters.